The molecule has 1 aliphatic rings. The highest BCUT2D eigenvalue weighted by Crippen LogP contribution is 2.32. The van der Waals surface area contributed by atoms with Gasteiger partial charge in [-0.2, -0.15) is 0 Å². The number of nitrogens with zero attached hydrogens (tertiary/aromatic N) is 3. The summed E-state index contributed by atoms with van der Waals surface area (Å²) in [5.41, 5.74) is 9.73. The summed E-state index contributed by atoms with van der Waals surface area (Å²) in [5.74, 6) is 0.887. The van der Waals surface area contributed by atoms with E-state index in [4.69, 9.17) is 9.97 Å². The van der Waals surface area contributed by atoms with Gasteiger partial charge in [0.15, 0.2) is 0 Å². The number of hydrogen-bond acceptors (Lipinski definition) is 3. The van der Waals surface area contributed by atoms with E-state index in [-0.39, 0.29) is 0 Å². The van der Waals surface area contributed by atoms with Crippen LogP contribution in [0.2, 0.25) is 0 Å². The fraction of sp³-hybridized carbons (Fsp3) is 0.0270. The molecule has 4 aromatic carbocycles. The van der Waals surface area contributed by atoms with Crippen LogP contribution in [-0.2, 0) is 6.54 Å². The van der Waals surface area contributed by atoms with Gasteiger partial charge < -0.3 is 5.32 Å². The molecule has 8 rings (SSSR count). The van der Waals surface area contributed by atoms with E-state index in [1.54, 1.807) is 0 Å². The minimum absolute atomic E-state index is 0.808. The van der Waals surface area contributed by atoms with E-state index in [0.717, 1.165) is 40.5 Å². The molecular weight excluding hydrogens is 500 g/mol. The average molecular weight is 527 g/mol. The Balaban J connectivity index is 1.14. The summed E-state index contributed by atoms with van der Waals surface area (Å²) >= 11 is 0. The van der Waals surface area contributed by atoms with Crippen LogP contribution in [0.5, 0.6) is 0 Å². The zero-order valence-corrected chi connectivity index (χ0v) is 22.3. The van der Waals surface area contributed by atoms with Crippen LogP contribution < -0.4 is 5.32 Å². The Morgan fingerprint density at radius 1 is 0.561 bits per heavy atom. The molecule has 0 radical (unpaired) electrons. The van der Waals surface area contributed by atoms with E-state index < -0.39 is 0 Å². The van der Waals surface area contributed by atoms with Gasteiger partial charge in [0.1, 0.15) is 5.82 Å². The molecule has 0 bridgehead atoms. The molecule has 1 aliphatic heterocycles. The van der Waals surface area contributed by atoms with Gasteiger partial charge in [0.2, 0.25) is 0 Å². The molecule has 4 nitrogen and oxygen atoms in total. The fourth-order valence-corrected chi connectivity index (χ4v) is 5.86. The number of nitrogens with one attached hydrogen (secondary N) is 1. The van der Waals surface area contributed by atoms with Crippen molar-refractivity contribution < 1.29 is 0 Å². The molecule has 0 unspecified atom stereocenters. The van der Waals surface area contributed by atoms with Crippen LogP contribution in [0.25, 0.3) is 67.3 Å². The molecule has 3 aromatic heterocycles. The molecule has 0 saturated carbocycles. The number of fused-ring (bicyclic) bond motifs is 4. The molecule has 0 atom stereocenters. The van der Waals surface area contributed by atoms with Crippen LogP contribution in [-0.4, -0.2) is 14.5 Å². The lowest BCUT2D eigenvalue weighted by Crippen LogP contribution is -2.11. The van der Waals surface area contributed by atoms with Crippen molar-refractivity contribution in [2.45, 2.75) is 6.54 Å². The number of benzene rings is 4. The highest BCUT2D eigenvalue weighted by Gasteiger charge is 2.19. The first-order valence-electron chi connectivity index (χ1n) is 13.9. The molecule has 0 aliphatic carbocycles. The minimum Gasteiger partial charge on any atom is -0.387 e. The lowest BCUT2D eigenvalue weighted by molar-refractivity contribution is 0.852. The maximum absolute atomic E-state index is 5.10. The first kappa shape index (κ1) is 23.4. The topological polar surface area (TPSA) is 42.7 Å². The van der Waals surface area contributed by atoms with Gasteiger partial charge in [-0.25, -0.2) is 9.97 Å². The number of para-hydroxylation sites is 1. The van der Waals surface area contributed by atoms with Gasteiger partial charge in [-0.05, 0) is 70.6 Å². The number of aromatic nitrogens is 3. The smallest absolute Gasteiger partial charge is 0.138 e. The average Bonchev–Trinajstić information content (AvgIpc) is 3.39. The van der Waals surface area contributed by atoms with Gasteiger partial charge in [-0.1, -0.05) is 91.0 Å². The molecule has 0 saturated heterocycles. The summed E-state index contributed by atoms with van der Waals surface area (Å²) in [7, 11) is 0. The quantitative estimate of drug-likeness (QED) is 0.250. The third-order valence-electron chi connectivity index (χ3n) is 7.90. The first-order chi connectivity index (χ1) is 20.3. The normalized spacial score (nSPS) is 12.4. The Labute approximate surface area is 238 Å². The van der Waals surface area contributed by atoms with Crippen molar-refractivity contribution in [3.05, 3.63) is 145 Å². The fourth-order valence-electron chi connectivity index (χ4n) is 5.86. The van der Waals surface area contributed by atoms with Gasteiger partial charge in [0, 0.05) is 23.1 Å². The summed E-state index contributed by atoms with van der Waals surface area (Å²) in [6.07, 6.45) is 4.14. The van der Waals surface area contributed by atoms with Gasteiger partial charge >= 0.3 is 0 Å². The van der Waals surface area contributed by atoms with Crippen LogP contribution in [0, 0.1) is 0 Å². The minimum atomic E-state index is 0.808. The molecule has 194 valence electrons. The van der Waals surface area contributed by atoms with E-state index >= 15 is 0 Å². The van der Waals surface area contributed by atoms with Crippen LogP contribution in [0.15, 0.2) is 134 Å². The second-order valence-electron chi connectivity index (χ2n) is 10.4. The molecular formula is C37H26N4. The zero-order chi connectivity index (χ0) is 27.2. The second kappa shape index (κ2) is 9.61. The van der Waals surface area contributed by atoms with Crippen molar-refractivity contribution in [2.75, 3.05) is 0 Å². The Hall–Kier alpha value is -5.48. The molecule has 0 spiro atoms. The third-order valence-corrected chi connectivity index (χ3v) is 7.90. The monoisotopic (exact) mass is 526 g/mol. The third kappa shape index (κ3) is 4.09. The SMILES string of the molecule is C1=Cc2c(c3ccccc3n2-c2cccc(-c3cccc(-c4ccc(-c5ccc6ccccc6c5)cc4)n3)n2)CN1. The zero-order valence-electron chi connectivity index (χ0n) is 22.3. The molecule has 4 heteroatoms. The summed E-state index contributed by atoms with van der Waals surface area (Å²) in [4.78, 5) is 10.1. The van der Waals surface area contributed by atoms with E-state index in [1.807, 2.05) is 18.3 Å². The van der Waals surface area contributed by atoms with Crippen molar-refractivity contribution in [1.29, 1.82) is 0 Å². The predicted octanol–water partition coefficient (Wildman–Crippen LogP) is 8.65. The Morgan fingerprint density at radius 2 is 1.27 bits per heavy atom. The molecule has 0 fully saturated rings. The Kier molecular flexibility index (Phi) is 5.49. The van der Waals surface area contributed by atoms with E-state index in [1.165, 1.54) is 38.5 Å². The van der Waals surface area contributed by atoms with Crippen molar-refractivity contribution >= 4 is 27.8 Å². The first-order valence-corrected chi connectivity index (χ1v) is 13.9. The van der Waals surface area contributed by atoms with Gasteiger partial charge in [-0.3, -0.25) is 4.57 Å². The Bertz CT molecular complexity index is 2100. The van der Waals surface area contributed by atoms with Crippen molar-refractivity contribution in [2.24, 2.45) is 0 Å². The predicted molar refractivity (Wildman–Crippen MR) is 169 cm³/mol. The second-order valence-corrected chi connectivity index (χ2v) is 10.4. The van der Waals surface area contributed by atoms with E-state index in [0.29, 0.717) is 0 Å². The summed E-state index contributed by atoms with van der Waals surface area (Å²) in [6, 6.07) is 44.6. The van der Waals surface area contributed by atoms with Crippen LogP contribution >= 0.6 is 0 Å². The molecule has 41 heavy (non-hydrogen) atoms. The highest BCUT2D eigenvalue weighted by atomic mass is 15.1. The molecule has 1 N–H and O–H groups in total. The van der Waals surface area contributed by atoms with Crippen molar-refractivity contribution in [3.63, 3.8) is 0 Å². The lowest BCUT2D eigenvalue weighted by Gasteiger charge is -2.13. The molecule has 4 heterocycles. The maximum Gasteiger partial charge on any atom is 0.138 e. The van der Waals surface area contributed by atoms with E-state index in [2.05, 4.69) is 131 Å². The van der Waals surface area contributed by atoms with Gasteiger partial charge in [0.25, 0.3) is 0 Å². The number of pyridine rings is 2. The van der Waals surface area contributed by atoms with Crippen LogP contribution in [0.4, 0.5) is 0 Å². The number of hydrogen-bond donors (Lipinski definition) is 1. The lowest BCUT2D eigenvalue weighted by atomic mass is 9.99. The van der Waals surface area contributed by atoms with Crippen molar-refractivity contribution in [3.8, 4) is 39.6 Å². The van der Waals surface area contributed by atoms with Crippen LogP contribution in [0.3, 0.4) is 0 Å². The summed E-state index contributed by atoms with van der Waals surface area (Å²) in [6.45, 7) is 0.808. The summed E-state index contributed by atoms with van der Waals surface area (Å²) in [5, 5.41) is 7.10. The summed E-state index contributed by atoms with van der Waals surface area (Å²) < 4.78 is 2.25. The standard InChI is InChI=1S/C37H26N4/c1-2-8-28-23-29(20-17-25(28)7-1)26-15-18-27(19-16-26)32-10-5-11-33(39-32)34-12-6-14-37(40-34)41-35-13-4-3-9-30(35)31-24-38-22-21-36(31)41/h1-23,38H,24H2. The highest BCUT2D eigenvalue weighted by molar-refractivity contribution is 5.90. The van der Waals surface area contributed by atoms with Gasteiger partial charge in [-0.15, -0.1) is 0 Å². The molecule has 0 amide bonds. The van der Waals surface area contributed by atoms with Crippen LogP contribution in [0.1, 0.15) is 11.3 Å². The molecule has 7 aromatic rings. The Morgan fingerprint density at radius 3 is 2.17 bits per heavy atom. The maximum atomic E-state index is 5.10. The van der Waals surface area contributed by atoms with Gasteiger partial charge in [0.05, 0.1) is 28.3 Å². The van der Waals surface area contributed by atoms with Crippen molar-refractivity contribution in [1.82, 2.24) is 19.9 Å². The number of rotatable bonds is 4. The largest absolute Gasteiger partial charge is 0.387 e. The van der Waals surface area contributed by atoms with E-state index in [9.17, 15) is 0 Å².